The van der Waals surface area contributed by atoms with Crippen molar-refractivity contribution < 1.29 is 14.6 Å². The number of hydrogen-bond acceptors (Lipinski definition) is 4. The highest BCUT2D eigenvalue weighted by Crippen LogP contribution is 2.40. The first-order valence-corrected chi connectivity index (χ1v) is 7.39. The molecular formula is C12H9BrClNO3S. The molecule has 0 spiro atoms. The molecule has 4 nitrogen and oxygen atoms in total. The first-order valence-electron chi connectivity index (χ1n) is 5.34. The highest BCUT2D eigenvalue weighted by atomic mass is 79.9. The third kappa shape index (κ3) is 3.08. The molecule has 0 aliphatic heterocycles. The molecule has 19 heavy (non-hydrogen) atoms. The molecule has 2 aromatic rings. The number of aromatic carboxylic acids is 1. The fourth-order valence-electron chi connectivity index (χ4n) is 1.51. The van der Waals surface area contributed by atoms with Crippen molar-refractivity contribution in [3.8, 4) is 16.3 Å². The molecule has 0 radical (unpaired) electrons. The Kier molecular flexibility index (Phi) is 4.44. The molecule has 0 bridgehead atoms. The van der Waals surface area contributed by atoms with Crippen molar-refractivity contribution in [3.63, 3.8) is 0 Å². The molecule has 0 aliphatic carbocycles. The number of rotatable bonds is 4. The van der Waals surface area contributed by atoms with Gasteiger partial charge in [0.15, 0.2) is 5.69 Å². The fourth-order valence-corrected chi connectivity index (χ4v) is 3.24. The Morgan fingerprint density at radius 3 is 2.89 bits per heavy atom. The molecule has 0 aliphatic rings. The van der Waals surface area contributed by atoms with E-state index in [0.717, 1.165) is 0 Å². The van der Waals surface area contributed by atoms with Crippen molar-refractivity contribution in [1.29, 1.82) is 0 Å². The molecule has 0 amide bonds. The number of thiazole rings is 1. The molecule has 100 valence electrons. The standard InChI is InChI=1S/C12H9BrClNO3S/c1-2-18-10-7(3-6(14)4-8(10)13)11-15-9(5-19-11)12(16)17/h3-5H,2H2,1H3,(H,16,17). The van der Waals surface area contributed by atoms with Gasteiger partial charge in [-0.15, -0.1) is 11.3 Å². The zero-order valence-electron chi connectivity index (χ0n) is 9.81. The van der Waals surface area contributed by atoms with E-state index in [4.69, 9.17) is 21.4 Å². The summed E-state index contributed by atoms with van der Waals surface area (Å²) in [5, 5.41) is 11.5. The van der Waals surface area contributed by atoms with Crippen molar-refractivity contribution in [2.24, 2.45) is 0 Å². The van der Waals surface area contributed by atoms with E-state index < -0.39 is 5.97 Å². The van der Waals surface area contributed by atoms with E-state index in [1.54, 1.807) is 12.1 Å². The van der Waals surface area contributed by atoms with Crippen molar-refractivity contribution >= 4 is 44.8 Å². The lowest BCUT2D eigenvalue weighted by atomic mass is 10.2. The minimum Gasteiger partial charge on any atom is -0.492 e. The van der Waals surface area contributed by atoms with E-state index in [1.165, 1.54) is 16.7 Å². The Balaban J connectivity index is 2.55. The van der Waals surface area contributed by atoms with Crippen LogP contribution in [-0.2, 0) is 0 Å². The molecule has 0 saturated carbocycles. The predicted molar refractivity (Wildman–Crippen MR) is 78.4 cm³/mol. The second kappa shape index (κ2) is 5.90. The molecule has 2 rings (SSSR count). The third-order valence-electron chi connectivity index (χ3n) is 2.25. The summed E-state index contributed by atoms with van der Waals surface area (Å²) < 4.78 is 6.27. The summed E-state index contributed by atoms with van der Waals surface area (Å²) in [6.45, 7) is 2.36. The van der Waals surface area contributed by atoms with Gasteiger partial charge in [-0.2, -0.15) is 0 Å². The van der Waals surface area contributed by atoms with E-state index in [9.17, 15) is 4.79 Å². The van der Waals surface area contributed by atoms with E-state index in [1.807, 2.05) is 6.92 Å². The van der Waals surface area contributed by atoms with Crippen molar-refractivity contribution in [2.45, 2.75) is 6.92 Å². The van der Waals surface area contributed by atoms with Crippen LogP contribution in [-0.4, -0.2) is 22.7 Å². The van der Waals surface area contributed by atoms with Crippen LogP contribution < -0.4 is 4.74 Å². The maximum atomic E-state index is 10.9. The van der Waals surface area contributed by atoms with Crippen LogP contribution in [0.2, 0.25) is 5.02 Å². The second-order valence-electron chi connectivity index (χ2n) is 3.54. The van der Waals surface area contributed by atoms with Crippen LogP contribution in [0, 0.1) is 0 Å². The smallest absolute Gasteiger partial charge is 0.355 e. The minimum atomic E-state index is -1.05. The highest BCUT2D eigenvalue weighted by Gasteiger charge is 2.17. The summed E-state index contributed by atoms with van der Waals surface area (Å²) in [4.78, 5) is 14.9. The fraction of sp³-hybridized carbons (Fsp3) is 0.167. The van der Waals surface area contributed by atoms with Gasteiger partial charge in [0.2, 0.25) is 0 Å². The molecule has 0 fully saturated rings. The topological polar surface area (TPSA) is 59.4 Å². The zero-order valence-corrected chi connectivity index (χ0v) is 13.0. The van der Waals surface area contributed by atoms with Gasteiger partial charge >= 0.3 is 5.97 Å². The molecule has 1 N–H and O–H groups in total. The first-order chi connectivity index (χ1) is 9.02. The van der Waals surface area contributed by atoms with Gasteiger partial charge in [0.25, 0.3) is 0 Å². The Labute approximate surface area is 127 Å². The van der Waals surface area contributed by atoms with Gasteiger partial charge in [-0.1, -0.05) is 11.6 Å². The molecule has 7 heteroatoms. The van der Waals surface area contributed by atoms with Crippen LogP contribution in [0.1, 0.15) is 17.4 Å². The maximum absolute atomic E-state index is 10.9. The summed E-state index contributed by atoms with van der Waals surface area (Å²) >= 11 is 10.6. The molecule has 1 heterocycles. The van der Waals surface area contributed by atoms with Gasteiger partial charge in [0.1, 0.15) is 10.8 Å². The van der Waals surface area contributed by atoms with Crippen LogP contribution in [0.25, 0.3) is 10.6 Å². The van der Waals surface area contributed by atoms with Gasteiger partial charge in [-0.05, 0) is 35.0 Å². The summed E-state index contributed by atoms with van der Waals surface area (Å²) in [5.74, 6) is -0.445. The lowest BCUT2D eigenvalue weighted by Crippen LogP contribution is -1.97. The number of carboxylic acid groups (broad SMARTS) is 1. The molecule has 0 unspecified atom stereocenters. The third-order valence-corrected chi connectivity index (χ3v) is 3.93. The largest absolute Gasteiger partial charge is 0.492 e. The number of ether oxygens (including phenoxy) is 1. The van der Waals surface area contributed by atoms with Crippen LogP contribution in [0.15, 0.2) is 22.0 Å². The van der Waals surface area contributed by atoms with E-state index >= 15 is 0 Å². The Bertz CT molecular complexity index is 629. The summed E-state index contributed by atoms with van der Waals surface area (Å²) in [6, 6.07) is 3.43. The van der Waals surface area contributed by atoms with Crippen LogP contribution in [0.4, 0.5) is 0 Å². The summed E-state index contributed by atoms with van der Waals surface area (Å²) in [6.07, 6.45) is 0. The predicted octanol–water partition coefficient (Wildman–Crippen LogP) is 4.32. The summed E-state index contributed by atoms with van der Waals surface area (Å²) in [7, 11) is 0. The number of aromatic nitrogens is 1. The Hall–Kier alpha value is -1.11. The minimum absolute atomic E-state index is 0.0125. The number of hydrogen-bond donors (Lipinski definition) is 1. The first kappa shape index (κ1) is 14.3. The van der Waals surface area contributed by atoms with Gasteiger partial charge in [-0.3, -0.25) is 0 Å². The van der Waals surface area contributed by atoms with Crippen molar-refractivity contribution in [3.05, 3.63) is 32.7 Å². The number of carboxylic acids is 1. The van der Waals surface area contributed by atoms with Gasteiger partial charge in [-0.25, -0.2) is 9.78 Å². The average Bonchev–Trinajstić information content (AvgIpc) is 2.81. The maximum Gasteiger partial charge on any atom is 0.355 e. The normalized spacial score (nSPS) is 10.5. The SMILES string of the molecule is CCOc1c(Br)cc(Cl)cc1-c1nc(C(=O)O)cs1. The monoisotopic (exact) mass is 361 g/mol. The number of carbonyl (C=O) groups is 1. The number of benzene rings is 1. The molecular weight excluding hydrogens is 354 g/mol. The Morgan fingerprint density at radius 1 is 1.58 bits per heavy atom. The van der Waals surface area contributed by atoms with Crippen molar-refractivity contribution in [2.75, 3.05) is 6.61 Å². The molecule has 0 saturated heterocycles. The second-order valence-corrected chi connectivity index (χ2v) is 5.69. The summed E-state index contributed by atoms with van der Waals surface area (Å²) in [5.41, 5.74) is 0.692. The highest BCUT2D eigenvalue weighted by molar-refractivity contribution is 9.10. The van der Waals surface area contributed by atoms with Crippen LogP contribution in [0.3, 0.4) is 0 Å². The quantitative estimate of drug-likeness (QED) is 0.880. The van der Waals surface area contributed by atoms with Gasteiger partial charge in [0, 0.05) is 10.4 Å². The van der Waals surface area contributed by atoms with Crippen LogP contribution in [0.5, 0.6) is 5.75 Å². The number of halogens is 2. The Morgan fingerprint density at radius 2 is 2.32 bits per heavy atom. The molecule has 1 aromatic carbocycles. The average molecular weight is 363 g/mol. The van der Waals surface area contributed by atoms with E-state index in [2.05, 4.69) is 20.9 Å². The van der Waals surface area contributed by atoms with Gasteiger partial charge in [0.05, 0.1) is 16.6 Å². The zero-order chi connectivity index (χ0) is 14.0. The molecule has 0 atom stereocenters. The van der Waals surface area contributed by atoms with Crippen molar-refractivity contribution in [1.82, 2.24) is 4.98 Å². The van der Waals surface area contributed by atoms with Crippen LogP contribution >= 0.6 is 38.9 Å². The van der Waals surface area contributed by atoms with E-state index in [-0.39, 0.29) is 5.69 Å². The molecule has 1 aromatic heterocycles. The van der Waals surface area contributed by atoms with Gasteiger partial charge < -0.3 is 9.84 Å². The number of nitrogens with zero attached hydrogens (tertiary/aromatic N) is 1. The lowest BCUT2D eigenvalue weighted by molar-refractivity contribution is 0.0691. The van der Waals surface area contributed by atoms with E-state index in [0.29, 0.717) is 32.4 Å². The lowest BCUT2D eigenvalue weighted by Gasteiger charge is -2.11.